The summed E-state index contributed by atoms with van der Waals surface area (Å²) < 4.78 is 17.2. The minimum Gasteiger partial charge on any atom is -0.399 e. The molecular weight excluding hydrogens is 507 g/mol. The highest BCUT2D eigenvalue weighted by Gasteiger charge is 2.12. The molecule has 1 aliphatic heterocycles. The van der Waals surface area contributed by atoms with Crippen LogP contribution in [0.4, 0.5) is 10.1 Å². The Balaban J connectivity index is 1.17. The van der Waals surface area contributed by atoms with Gasteiger partial charge in [-0.1, -0.05) is 18.2 Å². The third-order valence-electron chi connectivity index (χ3n) is 7.06. The van der Waals surface area contributed by atoms with Crippen molar-refractivity contribution in [1.82, 2.24) is 34.4 Å². The zero-order valence-electron chi connectivity index (χ0n) is 21.9. The van der Waals surface area contributed by atoms with Crippen LogP contribution in [0, 0.1) is 5.82 Å². The van der Waals surface area contributed by atoms with E-state index in [9.17, 15) is 9.18 Å². The van der Waals surface area contributed by atoms with E-state index in [-0.39, 0.29) is 12.1 Å². The number of nitrogens with zero attached hydrogens (tertiary/aromatic N) is 7. The summed E-state index contributed by atoms with van der Waals surface area (Å²) in [5, 5.41) is 8.95. The average Bonchev–Trinajstić information content (AvgIpc) is 3.65. The molecule has 40 heavy (non-hydrogen) atoms. The van der Waals surface area contributed by atoms with Crippen molar-refractivity contribution in [2.24, 2.45) is 0 Å². The monoisotopic (exact) mass is 536 g/mol. The van der Waals surface area contributed by atoms with Gasteiger partial charge in [0.25, 0.3) is 5.56 Å². The summed E-state index contributed by atoms with van der Waals surface area (Å²) in [6, 6.07) is 14.9. The molecule has 1 fully saturated rings. The van der Waals surface area contributed by atoms with Gasteiger partial charge in [-0.3, -0.25) is 9.48 Å². The van der Waals surface area contributed by atoms with Crippen LogP contribution in [0.3, 0.4) is 0 Å². The van der Waals surface area contributed by atoms with Crippen LogP contribution in [0.15, 0.2) is 84.2 Å². The molecule has 3 aromatic heterocycles. The minimum atomic E-state index is -0.459. The zero-order chi connectivity index (χ0) is 27.5. The lowest BCUT2D eigenvalue weighted by Gasteiger charge is -2.13. The molecule has 9 nitrogen and oxygen atoms in total. The lowest BCUT2D eigenvalue weighted by atomic mass is 10.1. The van der Waals surface area contributed by atoms with Gasteiger partial charge in [-0.25, -0.2) is 19.0 Å². The van der Waals surface area contributed by atoms with E-state index in [0.29, 0.717) is 22.8 Å². The van der Waals surface area contributed by atoms with Gasteiger partial charge in [0.1, 0.15) is 5.82 Å². The molecule has 0 radical (unpaired) electrons. The number of nitrogens with two attached hydrogens (primary N) is 1. The third-order valence-corrected chi connectivity index (χ3v) is 7.06. The number of nitrogen functional groups attached to an aromatic ring is 1. The molecule has 0 saturated carbocycles. The van der Waals surface area contributed by atoms with Crippen LogP contribution < -0.4 is 11.3 Å². The first-order valence-corrected chi connectivity index (χ1v) is 13.3. The second kappa shape index (κ2) is 11.2. The molecule has 1 saturated heterocycles. The quantitative estimate of drug-likeness (QED) is 0.298. The summed E-state index contributed by atoms with van der Waals surface area (Å²) in [7, 11) is 0. The molecule has 5 aromatic rings. The van der Waals surface area contributed by atoms with Crippen LogP contribution in [-0.4, -0.2) is 54.1 Å². The van der Waals surface area contributed by atoms with Crippen LogP contribution in [0.5, 0.6) is 0 Å². The van der Waals surface area contributed by atoms with Gasteiger partial charge < -0.3 is 10.6 Å². The van der Waals surface area contributed by atoms with Crippen molar-refractivity contribution in [1.29, 1.82) is 0 Å². The van der Waals surface area contributed by atoms with Gasteiger partial charge in [0.15, 0.2) is 5.82 Å². The summed E-state index contributed by atoms with van der Waals surface area (Å²) in [6.07, 6.45) is 10.1. The Morgan fingerprint density at radius 3 is 2.48 bits per heavy atom. The fourth-order valence-electron chi connectivity index (χ4n) is 4.97. The SMILES string of the molecule is Nc1cc(F)cc(-c2ccc(=O)n(Cc3cccc(-c4ncc(-c5cnn(CCN6CCCC6)c5)cn4)c3)n2)c1. The topological polar surface area (TPSA) is 108 Å². The minimum absolute atomic E-state index is 0.236. The molecule has 0 atom stereocenters. The Bertz CT molecular complexity index is 1670. The Morgan fingerprint density at radius 1 is 0.850 bits per heavy atom. The summed E-state index contributed by atoms with van der Waals surface area (Å²) in [5.41, 5.74) is 10.3. The van der Waals surface area contributed by atoms with E-state index in [1.807, 2.05) is 41.3 Å². The van der Waals surface area contributed by atoms with Crippen LogP contribution in [-0.2, 0) is 13.1 Å². The largest absolute Gasteiger partial charge is 0.399 e. The van der Waals surface area contributed by atoms with Crippen LogP contribution in [0.1, 0.15) is 18.4 Å². The molecule has 10 heteroatoms. The molecular formula is C30H29FN8O. The molecule has 2 aromatic carbocycles. The fourth-order valence-corrected chi connectivity index (χ4v) is 4.97. The first-order chi connectivity index (χ1) is 19.5. The Hall–Kier alpha value is -4.70. The van der Waals surface area contributed by atoms with Gasteiger partial charge >= 0.3 is 0 Å². The number of likely N-dealkylation sites (tertiary alicyclic amines) is 1. The normalized spacial score (nSPS) is 13.6. The maximum Gasteiger partial charge on any atom is 0.267 e. The van der Waals surface area contributed by atoms with Crippen LogP contribution in [0.25, 0.3) is 33.8 Å². The Labute approximate surface area is 230 Å². The first-order valence-electron chi connectivity index (χ1n) is 13.3. The number of halogens is 1. The van der Waals surface area contributed by atoms with Crippen LogP contribution in [0.2, 0.25) is 0 Å². The Kier molecular flexibility index (Phi) is 7.15. The van der Waals surface area contributed by atoms with Crippen molar-refractivity contribution in [2.75, 3.05) is 25.4 Å². The van der Waals surface area contributed by atoms with Gasteiger partial charge in [0, 0.05) is 59.1 Å². The molecule has 2 N–H and O–H groups in total. The molecule has 1 aliphatic rings. The van der Waals surface area contributed by atoms with Crippen molar-refractivity contribution in [2.45, 2.75) is 25.9 Å². The summed E-state index contributed by atoms with van der Waals surface area (Å²) >= 11 is 0. The highest BCUT2D eigenvalue weighted by molar-refractivity contribution is 5.64. The van der Waals surface area contributed by atoms with Crippen molar-refractivity contribution < 1.29 is 4.39 Å². The highest BCUT2D eigenvalue weighted by atomic mass is 19.1. The number of hydrogen-bond acceptors (Lipinski definition) is 7. The smallest absolute Gasteiger partial charge is 0.267 e. The van der Waals surface area contributed by atoms with Crippen LogP contribution >= 0.6 is 0 Å². The van der Waals surface area contributed by atoms with E-state index in [0.717, 1.165) is 35.3 Å². The predicted octanol–water partition coefficient (Wildman–Crippen LogP) is 4.10. The number of hydrogen-bond donors (Lipinski definition) is 1. The maximum absolute atomic E-state index is 13.9. The van der Waals surface area contributed by atoms with Gasteiger partial charge in [-0.15, -0.1) is 0 Å². The number of benzene rings is 2. The van der Waals surface area contributed by atoms with Crippen molar-refractivity contribution in [3.05, 3.63) is 101 Å². The van der Waals surface area contributed by atoms with E-state index in [2.05, 4.69) is 25.1 Å². The second-order valence-electron chi connectivity index (χ2n) is 10.0. The second-order valence-corrected chi connectivity index (χ2v) is 10.0. The molecule has 0 aliphatic carbocycles. The van der Waals surface area contributed by atoms with E-state index >= 15 is 0 Å². The van der Waals surface area contributed by atoms with Crippen molar-refractivity contribution in [3.63, 3.8) is 0 Å². The molecule has 0 bridgehead atoms. The molecule has 4 heterocycles. The van der Waals surface area contributed by atoms with Gasteiger partial charge in [0.05, 0.1) is 25.0 Å². The van der Waals surface area contributed by atoms with Crippen molar-refractivity contribution >= 4 is 5.69 Å². The molecule has 0 unspecified atom stereocenters. The van der Waals surface area contributed by atoms with Gasteiger partial charge in [0.2, 0.25) is 0 Å². The number of rotatable bonds is 8. The fraction of sp³-hybridized carbons (Fsp3) is 0.233. The zero-order valence-corrected chi connectivity index (χ0v) is 21.9. The molecule has 202 valence electrons. The molecule has 0 spiro atoms. The maximum atomic E-state index is 13.9. The standard InChI is InChI=1S/C30H29FN8O/c31-26-13-23(14-27(32)15-26)28-6-7-29(40)39(36-28)19-21-4-3-5-22(12-21)30-33-16-24(17-34-30)25-18-35-38(20-25)11-10-37-8-1-2-9-37/h3-7,12-18,20H,1-2,8-11,19,32H2. The molecule has 0 amide bonds. The Morgan fingerprint density at radius 2 is 1.68 bits per heavy atom. The first kappa shape index (κ1) is 25.6. The van der Waals surface area contributed by atoms with Gasteiger partial charge in [-0.2, -0.15) is 10.2 Å². The lowest BCUT2D eigenvalue weighted by Crippen LogP contribution is -2.24. The summed E-state index contributed by atoms with van der Waals surface area (Å²) in [6.45, 7) is 4.46. The number of anilines is 1. The van der Waals surface area contributed by atoms with Crippen molar-refractivity contribution in [3.8, 4) is 33.8 Å². The summed E-state index contributed by atoms with van der Waals surface area (Å²) in [5.74, 6) is 0.121. The predicted molar refractivity (Wildman–Crippen MR) is 152 cm³/mol. The number of aromatic nitrogens is 6. The van der Waals surface area contributed by atoms with E-state index in [1.54, 1.807) is 24.5 Å². The third kappa shape index (κ3) is 5.81. The van der Waals surface area contributed by atoms with E-state index in [4.69, 9.17) is 5.73 Å². The lowest BCUT2D eigenvalue weighted by molar-refractivity contribution is 0.316. The van der Waals surface area contributed by atoms with E-state index < -0.39 is 5.82 Å². The van der Waals surface area contributed by atoms with Gasteiger partial charge in [-0.05, 0) is 61.8 Å². The summed E-state index contributed by atoms with van der Waals surface area (Å²) in [4.78, 5) is 24.2. The highest BCUT2D eigenvalue weighted by Crippen LogP contribution is 2.23. The van der Waals surface area contributed by atoms with E-state index in [1.165, 1.54) is 48.8 Å². The molecule has 6 rings (SSSR count). The average molecular weight is 537 g/mol.